The van der Waals surface area contributed by atoms with Crippen molar-refractivity contribution in [2.75, 3.05) is 26.2 Å². The van der Waals surface area contributed by atoms with Gasteiger partial charge in [-0.05, 0) is 31.5 Å². The lowest BCUT2D eigenvalue weighted by atomic mass is 10.1. The molecule has 2 heterocycles. The van der Waals surface area contributed by atoms with Gasteiger partial charge in [-0.2, -0.15) is 0 Å². The van der Waals surface area contributed by atoms with Crippen LogP contribution in [0.2, 0.25) is 0 Å². The fraction of sp³-hybridized carbons (Fsp3) is 0.533. The molecule has 6 nitrogen and oxygen atoms in total. The second-order valence-corrected chi connectivity index (χ2v) is 5.66. The molecule has 1 amide bonds. The van der Waals surface area contributed by atoms with Crippen LogP contribution >= 0.6 is 0 Å². The van der Waals surface area contributed by atoms with E-state index in [1.165, 1.54) is 25.0 Å². The van der Waals surface area contributed by atoms with Crippen LogP contribution in [-0.2, 0) is 4.74 Å². The Bertz CT molecular complexity index is 534. The number of phenolic OH excluding ortho intramolecular Hbond substituents is 2. The molecule has 2 aliphatic rings. The number of morpholine rings is 1. The van der Waals surface area contributed by atoms with Crippen molar-refractivity contribution in [1.82, 2.24) is 10.2 Å². The maximum Gasteiger partial charge on any atom is 0.255 e. The van der Waals surface area contributed by atoms with Crippen molar-refractivity contribution in [3.05, 3.63) is 23.8 Å². The summed E-state index contributed by atoms with van der Waals surface area (Å²) in [5.74, 6) is -0.656. The number of nitrogens with zero attached hydrogens (tertiary/aromatic N) is 1. The third-order valence-corrected chi connectivity index (χ3v) is 4.18. The number of phenols is 2. The van der Waals surface area contributed by atoms with Gasteiger partial charge in [-0.25, -0.2) is 0 Å². The van der Waals surface area contributed by atoms with Gasteiger partial charge in [0.25, 0.3) is 5.91 Å². The number of aromatic hydroxyl groups is 2. The van der Waals surface area contributed by atoms with E-state index in [-0.39, 0.29) is 29.1 Å². The first-order valence-electron chi connectivity index (χ1n) is 7.29. The van der Waals surface area contributed by atoms with Crippen LogP contribution in [0.25, 0.3) is 0 Å². The van der Waals surface area contributed by atoms with E-state index in [2.05, 4.69) is 10.2 Å². The first-order chi connectivity index (χ1) is 10.1. The van der Waals surface area contributed by atoms with Crippen LogP contribution in [0.3, 0.4) is 0 Å². The first-order valence-corrected chi connectivity index (χ1v) is 7.29. The third-order valence-electron chi connectivity index (χ3n) is 4.18. The van der Waals surface area contributed by atoms with Gasteiger partial charge in [-0.15, -0.1) is 0 Å². The molecule has 1 aromatic carbocycles. The van der Waals surface area contributed by atoms with E-state index in [1.54, 1.807) is 0 Å². The van der Waals surface area contributed by atoms with Crippen LogP contribution in [0.4, 0.5) is 0 Å². The van der Waals surface area contributed by atoms with Gasteiger partial charge >= 0.3 is 0 Å². The summed E-state index contributed by atoms with van der Waals surface area (Å²) in [4.78, 5) is 14.4. The Morgan fingerprint density at radius 2 is 2.29 bits per heavy atom. The van der Waals surface area contributed by atoms with E-state index in [1.807, 2.05) is 0 Å². The molecule has 3 N–H and O–H groups in total. The van der Waals surface area contributed by atoms with Crippen molar-refractivity contribution >= 4 is 5.91 Å². The summed E-state index contributed by atoms with van der Waals surface area (Å²) >= 11 is 0. The van der Waals surface area contributed by atoms with Crippen LogP contribution in [0.1, 0.15) is 23.2 Å². The number of fused-ring (bicyclic) bond motifs is 1. The quantitative estimate of drug-likeness (QED) is 0.763. The van der Waals surface area contributed by atoms with Gasteiger partial charge in [0.2, 0.25) is 0 Å². The van der Waals surface area contributed by atoms with Gasteiger partial charge in [0.1, 0.15) is 11.5 Å². The van der Waals surface area contributed by atoms with Crippen LogP contribution < -0.4 is 5.32 Å². The zero-order valence-corrected chi connectivity index (χ0v) is 11.8. The van der Waals surface area contributed by atoms with Gasteiger partial charge in [0.15, 0.2) is 0 Å². The number of amides is 1. The number of benzene rings is 1. The second-order valence-electron chi connectivity index (χ2n) is 5.66. The smallest absolute Gasteiger partial charge is 0.255 e. The predicted octanol–water partition coefficient (Wildman–Crippen LogP) is 0.691. The second kappa shape index (κ2) is 5.91. The third kappa shape index (κ3) is 3.11. The Hall–Kier alpha value is -1.79. The number of nitrogens with one attached hydrogen (secondary N) is 1. The van der Waals surface area contributed by atoms with Crippen molar-refractivity contribution in [1.29, 1.82) is 0 Å². The topological polar surface area (TPSA) is 82.0 Å². The van der Waals surface area contributed by atoms with Crippen LogP contribution in [0.15, 0.2) is 18.2 Å². The molecule has 2 unspecified atom stereocenters. The zero-order chi connectivity index (χ0) is 14.8. The number of hydrogen-bond acceptors (Lipinski definition) is 5. The molecule has 2 atom stereocenters. The lowest BCUT2D eigenvalue weighted by Gasteiger charge is -2.35. The van der Waals surface area contributed by atoms with E-state index >= 15 is 0 Å². The molecule has 0 spiro atoms. The van der Waals surface area contributed by atoms with E-state index in [0.717, 1.165) is 25.8 Å². The zero-order valence-electron chi connectivity index (χ0n) is 11.8. The van der Waals surface area contributed by atoms with E-state index < -0.39 is 0 Å². The fourth-order valence-corrected chi connectivity index (χ4v) is 3.02. The Balaban J connectivity index is 1.54. The molecule has 1 aromatic rings. The van der Waals surface area contributed by atoms with Crippen molar-refractivity contribution in [3.63, 3.8) is 0 Å². The van der Waals surface area contributed by atoms with Gasteiger partial charge in [-0.1, -0.05) is 0 Å². The fourth-order valence-electron chi connectivity index (χ4n) is 3.02. The number of rotatable bonds is 3. The van der Waals surface area contributed by atoms with Crippen molar-refractivity contribution < 1.29 is 19.7 Å². The van der Waals surface area contributed by atoms with Crippen LogP contribution in [-0.4, -0.2) is 59.4 Å². The SMILES string of the molecule is O=C(NCC1CN2CCCC2CO1)c1ccc(O)cc1O. The minimum atomic E-state index is -0.361. The molecule has 114 valence electrons. The van der Waals surface area contributed by atoms with E-state index in [9.17, 15) is 15.0 Å². The molecule has 2 aliphatic heterocycles. The van der Waals surface area contributed by atoms with Crippen LogP contribution in [0.5, 0.6) is 11.5 Å². The molecular weight excluding hydrogens is 272 g/mol. The molecular formula is C15H20N2O4. The summed E-state index contributed by atoms with van der Waals surface area (Å²) in [7, 11) is 0. The Morgan fingerprint density at radius 3 is 3.10 bits per heavy atom. The van der Waals surface area contributed by atoms with Crippen LogP contribution in [0, 0.1) is 0 Å². The highest BCUT2D eigenvalue weighted by atomic mass is 16.5. The summed E-state index contributed by atoms with van der Waals surface area (Å²) in [5, 5.41) is 21.7. The minimum Gasteiger partial charge on any atom is -0.508 e. The molecule has 3 rings (SSSR count). The molecule has 0 saturated carbocycles. The van der Waals surface area contributed by atoms with Gasteiger partial charge < -0.3 is 20.3 Å². The lowest BCUT2D eigenvalue weighted by Crippen LogP contribution is -2.50. The Kier molecular flexibility index (Phi) is 3.98. The summed E-state index contributed by atoms with van der Waals surface area (Å²) in [5.41, 5.74) is 0.155. The maximum absolute atomic E-state index is 12.0. The van der Waals surface area contributed by atoms with Crippen molar-refractivity contribution in [3.8, 4) is 11.5 Å². The van der Waals surface area contributed by atoms with E-state index in [0.29, 0.717) is 12.6 Å². The highest BCUT2D eigenvalue weighted by molar-refractivity contribution is 5.97. The standard InChI is InChI=1S/C15H20N2O4/c18-11-3-4-13(14(19)6-11)15(20)16-7-12-8-17-5-1-2-10(17)9-21-12/h3-4,6,10,12,18-19H,1-2,5,7-9H2,(H,16,20). The molecule has 2 saturated heterocycles. The molecule has 0 aromatic heterocycles. The average Bonchev–Trinajstić information content (AvgIpc) is 2.92. The number of hydrogen-bond donors (Lipinski definition) is 3. The van der Waals surface area contributed by atoms with Gasteiger partial charge in [-0.3, -0.25) is 9.69 Å². The number of carbonyl (C=O) groups excluding carboxylic acids is 1. The van der Waals surface area contributed by atoms with Gasteiger partial charge in [0.05, 0.1) is 18.3 Å². The Morgan fingerprint density at radius 1 is 1.43 bits per heavy atom. The summed E-state index contributed by atoms with van der Waals surface area (Å²) < 4.78 is 5.77. The summed E-state index contributed by atoms with van der Waals surface area (Å²) in [6.45, 7) is 3.09. The normalized spacial score (nSPS) is 25.5. The molecule has 0 radical (unpaired) electrons. The van der Waals surface area contributed by atoms with E-state index in [4.69, 9.17) is 4.74 Å². The number of carbonyl (C=O) groups is 1. The minimum absolute atomic E-state index is 0.0115. The molecule has 0 bridgehead atoms. The van der Waals surface area contributed by atoms with Crippen molar-refractivity contribution in [2.24, 2.45) is 0 Å². The largest absolute Gasteiger partial charge is 0.508 e. The molecule has 6 heteroatoms. The Labute approximate surface area is 123 Å². The monoisotopic (exact) mass is 292 g/mol. The summed E-state index contributed by atoms with van der Waals surface area (Å²) in [6.07, 6.45) is 2.40. The highest BCUT2D eigenvalue weighted by Crippen LogP contribution is 2.23. The maximum atomic E-state index is 12.0. The summed E-state index contributed by atoms with van der Waals surface area (Å²) in [6, 6.07) is 4.47. The van der Waals surface area contributed by atoms with Gasteiger partial charge in [0, 0.05) is 25.2 Å². The number of ether oxygens (including phenoxy) is 1. The first kappa shape index (κ1) is 14.2. The predicted molar refractivity (Wildman–Crippen MR) is 76.4 cm³/mol. The molecule has 0 aliphatic carbocycles. The lowest BCUT2D eigenvalue weighted by molar-refractivity contribution is -0.0461. The van der Waals surface area contributed by atoms with Crippen molar-refractivity contribution in [2.45, 2.75) is 25.0 Å². The average molecular weight is 292 g/mol. The molecule has 21 heavy (non-hydrogen) atoms. The molecule has 2 fully saturated rings. The highest BCUT2D eigenvalue weighted by Gasteiger charge is 2.32.